The molecule has 0 aromatic heterocycles. The molecule has 5 nitrogen and oxygen atoms in total. The van der Waals surface area contributed by atoms with Gasteiger partial charge in [-0.3, -0.25) is 9.52 Å². The number of rotatable bonds is 9. The van der Waals surface area contributed by atoms with Crippen LogP contribution in [0.2, 0.25) is 0 Å². The van der Waals surface area contributed by atoms with Gasteiger partial charge in [-0.25, -0.2) is 8.42 Å². The third-order valence-electron chi connectivity index (χ3n) is 4.44. The second kappa shape index (κ2) is 10.3. The van der Waals surface area contributed by atoms with Crippen LogP contribution in [0.3, 0.4) is 0 Å². The maximum atomic E-state index is 12.6. The number of anilines is 1. The van der Waals surface area contributed by atoms with E-state index in [-0.39, 0.29) is 10.8 Å². The van der Waals surface area contributed by atoms with Gasteiger partial charge in [0, 0.05) is 23.6 Å². The Kier molecular flexibility index (Phi) is 7.54. The summed E-state index contributed by atoms with van der Waals surface area (Å²) in [6.07, 6.45) is 0. The molecule has 0 saturated carbocycles. The highest BCUT2D eigenvalue weighted by molar-refractivity contribution is 7.98. The van der Waals surface area contributed by atoms with E-state index in [1.54, 1.807) is 55.1 Å². The number of aryl methyl sites for hydroxylation is 1. The molecule has 0 unspecified atom stereocenters. The minimum absolute atomic E-state index is 0.176. The molecule has 3 rings (SSSR count). The number of hydrogen-bond acceptors (Lipinski definition) is 4. The zero-order chi connectivity index (χ0) is 21.4. The molecule has 30 heavy (non-hydrogen) atoms. The van der Waals surface area contributed by atoms with Gasteiger partial charge >= 0.3 is 0 Å². The van der Waals surface area contributed by atoms with E-state index in [0.29, 0.717) is 17.8 Å². The van der Waals surface area contributed by atoms with Crippen LogP contribution in [0.1, 0.15) is 21.5 Å². The molecule has 0 aliphatic rings. The third-order valence-corrected chi connectivity index (χ3v) is 6.85. The third kappa shape index (κ3) is 6.11. The SMILES string of the molecule is Cc1ccc(C(=O)NCCSCc2ccccc2)cc1NS(=O)(=O)c1ccccc1. The Morgan fingerprint density at radius 1 is 0.933 bits per heavy atom. The molecule has 0 spiro atoms. The van der Waals surface area contributed by atoms with E-state index in [2.05, 4.69) is 22.2 Å². The zero-order valence-corrected chi connectivity index (χ0v) is 18.3. The first-order valence-electron chi connectivity index (χ1n) is 9.54. The Labute approximate surface area is 182 Å². The van der Waals surface area contributed by atoms with E-state index < -0.39 is 10.0 Å². The van der Waals surface area contributed by atoms with Crippen molar-refractivity contribution in [2.75, 3.05) is 17.0 Å². The Morgan fingerprint density at radius 3 is 2.30 bits per heavy atom. The van der Waals surface area contributed by atoms with Crippen LogP contribution in [0, 0.1) is 6.92 Å². The van der Waals surface area contributed by atoms with Gasteiger partial charge in [0.05, 0.1) is 10.6 Å². The van der Waals surface area contributed by atoms with Crippen LogP contribution in [-0.4, -0.2) is 26.6 Å². The number of thioether (sulfide) groups is 1. The Bertz CT molecular complexity index is 1090. The monoisotopic (exact) mass is 440 g/mol. The van der Waals surface area contributed by atoms with Crippen LogP contribution in [0.15, 0.2) is 83.8 Å². The fourth-order valence-corrected chi connectivity index (χ4v) is 4.74. The number of benzene rings is 3. The number of nitrogens with one attached hydrogen (secondary N) is 2. The molecular weight excluding hydrogens is 416 g/mol. The second-order valence-corrected chi connectivity index (χ2v) is 9.53. The first-order valence-corrected chi connectivity index (χ1v) is 12.2. The lowest BCUT2D eigenvalue weighted by molar-refractivity contribution is 0.0956. The average molecular weight is 441 g/mol. The van der Waals surface area contributed by atoms with E-state index in [4.69, 9.17) is 0 Å². The van der Waals surface area contributed by atoms with Crippen molar-refractivity contribution < 1.29 is 13.2 Å². The van der Waals surface area contributed by atoms with Gasteiger partial charge in [-0.1, -0.05) is 54.6 Å². The maximum absolute atomic E-state index is 12.6. The molecule has 0 radical (unpaired) electrons. The first-order chi connectivity index (χ1) is 14.5. The topological polar surface area (TPSA) is 75.3 Å². The van der Waals surface area contributed by atoms with Crippen LogP contribution in [0.4, 0.5) is 5.69 Å². The number of carbonyl (C=O) groups is 1. The predicted octanol–water partition coefficient (Wildman–Crippen LogP) is 4.46. The highest BCUT2D eigenvalue weighted by Crippen LogP contribution is 2.21. The maximum Gasteiger partial charge on any atom is 0.261 e. The standard InChI is InChI=1S/C23H24N2O3S2/c1-18-12-13-20(16-22(18)25-30(27,28)21-10-6-3-7-11-21)23(26)24-14-15-29-17-19-8-4-2-5-9-19/h2-13,16,25H,14-15,17H2,1H3,(H,24,26). The lowest BCUT2D eigenvalue weighted by atomic mass is 10.1. The van der Waals surface area contributed by atoms with Crippen LogP contribution in [0.25, 0.3) is 0 Å². The van der Waals surface area contributed by atoms with Gasteiger partial charge in [0.15, 0.2) is 0 Å². The number of amides is 1. The minimum atomic E-state index is -3.71. The molecular formula is C23H24N2O3S2. The van der Waals surface area contributed by atoms with Gasteiger partial charge in [0.25, 0.3) is 15.9 Å². The van der Waals surface area contributed by atoms with Gasteiger partial charge in [0.1, 0.15) is 0 Å². The van der Waals surface area contributed by atoms with Gasteiger partial charge in [-0.15, -0.1) is 0 Å². The molecule has 156 valence electrons. The summed E-state index contributed by atoms with van der Waals surface area (Å²) in [5.74, 6) is 1.46. The minimum Gasteiger partial charge on any atom is -0.351 e. The number of sulfonamides is 1. The van der Waals surface area contributed by atoms with E-state index >= 15 is 0 Å². The Morgan fingerprint density at radius 2 is 1.60 bits per heavy atom. The summed E-state index contributed by atoms with van der Waals surface area (Å²) in [5.41, 5.74) is 2.80. The molecule has 0 aliphatic heterocycles. The van der Waals surface area contributed by atoms with Gasteiger partial charge in [0.2, 0.25) is 0 Å². The molecule has 1 amide bonds. The molecule has 0 fully saturated rings. The molecule has 0 aliphatic carbocycles. The fourth-order valence-electron chi connectivity index (χ4n) is 2.78. The predicted molar refractivity (Wildman–Crippen MR) is 123 cm³/mol. The Hall–Kier alpha value is -2.77. The summed E-state index contributed by atoms with van der Waals surface area (Å²) in [6, 6.07) is 23.3. The molecule has 3 aromatic carbocycles. The average Bonchev–Trinajstić information content (AvgIpc) is 2.76. The van der Waals surface area contributed by atoms with Crippen LogP contribution < -0.4 is 10.0 Å². The van der Waals surface area contributed by atoms with Gasteiger partial charge < -0.3 is 5.32 Å². The molecule has 0 atom stereocenters. The molecule has 3 aromatic rings. The van der Waals surface area contributed by atoms with E-state index in [0.717, 1.165) is 17.1 Å². The summed E-state index contributed by atoms with van der Waals surface area (Å²) in [5, 5.41) is 2.89. The second-order valence-electron chi connectivity index (χ2n) is 6.74. The van der Waals surface area contributed by atoms with Crippen molar-refractivity contribution in [1.29, 1.82) is 0 Å². The highest BCUT2D eigenvalue weighted by Gasteiger charge is 2.16. The lowest BCUT2D eigenvalue weighted by Gasteiger charge is -2.12. The fraction of sp³-hybridized carbons (Fsp3) is 0.174. The van der Waals surface area contributed by atoms with Crippen molar-refractivity contribution in [3.63, 3.8) is 0 Å². The summed E-state index contributed by atoms with van der Waals surface area (Å²) in [4.78, 5) is 12.7. The van der Waals surface area contributed by atoms with Gasteiger partial charge in [-0.05, 0) is 42.3 Å². The van der Waals surface area contributed by atoms with E-state index in [9.17, 15) is 13.2 Å². The largest absolute Gasteiger partial charge is 0.351 e. The molecule has 0 saturated heterocycles. The number of hydrogen-bond donors (Lipinski definition) is 2. The van der Waals surface area contributed by atoms with E-state index in [1.165, 1.54) is 17.7 Å². The smallest absolute Gasteiger partial charge is 0.261 e. The molecule has 0 bridgehead atoms. The molecule has 0 heterocycles. The molecule has 7 heteroatoms. The summed E-state index contributed by atoms with van der Waals surface area (Å²) < 4.78 is 27.7. The van der Waals surface area contributed by atoms with Crippen molar-refractivity contribution in [2.24, 2.45) is 0 Å². The normalized spacial score (nSPS) is 11.1. The van der Waals surface area contributed by atoms with Gasteiger partial charge in [-0.2, -0.15) is 11.8 Å². The van der Waals surface area contributed by atoms with Crippen molar-refractivity contribution in [3.8, 4) is 0 Å². The van der Waals surface area contributed by atoms with E-state index in [1.807, 2.05) is 18.2 Å². The van der Waals surface area contributed by atoms with Crippen molar-refractivity contribution in [3.05, 3.63) is 95.6 Å². The molecule has 2 N–H and O–H groups in total. The highest BCUT2D eigenvalue weighted by atomic mass is 32.2. The number of carbonyl (C=O) groups excluding carboxylic acids is 1. The van der Waals surface area contributed by atoms with Crippen molar-refractivity contribution in [2.45, 2.75) is 17.6 Å². The lowest BCUT2D eigenvalue weighted by Crippen LogP contribution is -2.26. The van der Waals surface area contributed by atoms with Crippen molar-refractivity contribution in [1.82, 2.24) is 5.32 Å². The quantitative estimate of drug-likeness (QED) is 0.482. The summed E-state index contributed by atoms with van der Waals surface area (Å²) in [7, 11) is -3.71. The van der Waals surface area contributed by atoms with Crippen LogP contribution >= 0.6 is 11.8 Å². The zero-order valence-electron chi connectivity index (χ0n) is 16.7. The summed E-state index contributed by atoms with van der Waals surface area (Å²) >= 11 is 1.75. The Balaban J connectivity index is 1.57. The van der Waals surface area contributed by atoms with Crippen LogP contribution in [0.5, 0.6) is 0 Å². The first kappa shape index (κ1) is 21.9. The van der Waals surface area contributed by atoms with Crippen LogP contribution in [-0.2, 0) is 15.8 Å². The summed E-state index contributed by atoms with van der Waals surface area (Å²) in [6.45, 7) is 2.33. The van der Waals surface area contributed by atoms with Crippen molar-refractivity contribution >= 4 is 33.4 Å².